The Balaban J connectivity index is 1.99. The number of nitriles is 1. The van der Waals surface area contributed by atoms with E-state index in [2.05, 4.69) is 15.6 Å². The molecule has 2 N–H and O–H groups in total. The summed E-state index contributed by atoms with van der Waals surface area (Å²) in [7, 11) is 1.47. The Hall–Kier alpha value is -3.80. The van der Waals surface area contributed by atoms with Crippen molar-refractivity contribution in [3.05, 3.63) is 42.1 Å². The van der Waals surface area contributed by atoms with Crippen molar-refractivity contribution in [2.24, 2.45) is 0 Å². The molecule has 31 heavy (non-hydrogen) atoms. The van der Waals surface area contributed by atoms with Crippen LogP contribution in [0.5, 0.6) is 17.4 Å². The topological polar surface area (TPSA) is 123 Å². The number of alkyl carbamates (subject to hydrolysis) is 1. The summed E-state index contributed by atoms with van der Waals surface area (Å²) in [5.74, 6) is 0.754. The number of nitrogens with one attached hydrogen (secondary N) is 2. The molecule has 164 valence electrons. The van der Waals surface area contributed by atoms with Gasteiger partial charge in [0.15, 0.2) is 0 Å². The molecule has 1 atom stereocenters. The van der Waals surface area contributed by atoms with E-state index in [-0.39, 0.29) is 5.91 Å². The van der Waals surface area contributed by atoms with Crippen molar-refractivity contribution in [3.8, 4) is 23.4 Å². The molecule has 2 aromatic rings. The van der Waals surface area contributed by atoms with E-state index in [1.165, 1.54) is 13.3 Å². The SMILES string of the molecule is CCC(NC(=O)OC(C)(C)C)C(=O)Nc1ccc(Oc2ccc(C#N)c(OC)c2)nc1. The van der Waals surface area contributed by atoms with Gasteiger partial charge in [0, 0.05) is 12.1 Å². The maximum absolute atomic E-state index is 12.5. The number of nitrogens with zero attached hydrogens (tertiary/aromatic N) is 2. The molecular formula is C22H26N4O5. The number of carbonyl (C=O) groups is 2. The molecule has 0 saturated carbocycles. The number of amides is 2. The molecule has 0 bridgehead atoms. The minimum absolute atomic E-state index is 0.295. The molecule has 0 saturated heterocycles. The third kappa shape index (κ3) is 7.19. The fourth-order valence-corrected chi connectivity index (χ4v) is 2.49. The van der Waals surface area contributed by atoms with E-state index < -0.39 is 17.7 Å². The number of pyridine rings is 1. The number of benzene rings is 1. The van der Waals surface area contributed by atoms with Crippen LogP contribution in [0.1, 0.15) is 39.7 Å². The minimum Gasteiger partial charge on any atom is -0.495 e. The van der Waals surface area contributed by atoms with Crippen molar-refractivity contribution in [2.45, 2.75) is 45.8 Å². The lowest BCUT2D eigenvalue weighted by molar-refractivity contribution is -0.118. The van der Waals surface area contributed by atoms with Crippen LogP contribution in [0, 0.1) is 11.3 Å². The largest absolute Gasteiger partial charge is 0.495 e. The summed E-state index contributed by atoms with van der Waals surface area (Å²) in [6.45, 7) is 7.02. The zero-order chi connectivity index (χ0) is 23.0. The van der Waals surface area contributed by atoms with Gasteiger partial charge in [0.2, 0.25) is 11.8 Å². The quantitative estimate of drug-likeness (QED) is 0.686. The van der Waals surface area contributed by atoms with Crippen molar-refractivity contribution >= 4 is 17.7 Å². The number of carbonyl (C=O) groups excluding carboxylic acids is 2. The van der Waals surface area contributed by atoms with Crippen LogP contribution >= 0.6 is 0 Å². The number of methoxy groups -OCH3 is 1. The van der Waals surface area contributed by atoms with Gasteiger partial charge in [0.05, 0.1) is 24.6 Å². The normalized spacial score (nSPS) is 11.6. The molecule has 0 aliphatic heterocycles. The third-order valence-electron chi connectivity index (χ3n) is 3.94. The Bertz CT molecular complexity index is 961. The van der Waals surface area contributed by atoms with Gasteiger partial charge in [0.1, 0.15) is 29.2 Å². The van der Waals surface area contributed by atoms with Crippen LogP contribution in [0.15, 0.2) is 36.5 Å². The highest BCUT2D eigenvalue weighted by Gasteiger charge is 2.23. The molecule has 2 amide bonds. The molecular weight excluding hydrogens is 400 g/mol. The predicted molar refractivity (Wildman–Crippen MR) is 114 cm³/mol. The number of ether oxygens (including phenoxy) is 3. The third-order valence-corrected chi connectivity index (χ3v) is 3.94. The van der Waals surface area contributed by atoms with Gasteiger partial charge in [-0.1, -0.05) is 6.92 Å². The minimum atomic E-state index is -0.753. The first-order valence-corrected chi connectivity index (χ1v) is 9.67. The van der Waals surface area contributed by atoms with Crippen LogP contribution in [-0.2, 0) is 9.53 Å². The first-order valence-electron chi connectivity index (χ1n) is 9.67. The molecule has 1 aromatic heterocycles. The first-order chi connectivity index (χ1) is 14.6. The molecule has 0 radical (unpaired) electrons. The summed E-state index contributed by atoms with van der Waals surface area (Å²) in [6, 6.07) is 9.30. The fraction of sp³-hybridized carbons (Fsp3) is 0.364. The first kappa shape index (κ1) is 23.5. The Morgan fingerprint density at radius 1 is 1.23 bits per heavy atom. The average Bonchev–Trinajstić information content (AvgIpc) is 2.72. The zero-order valence-corrected chi connectivity index (χ0v) is 18.2. The summed E-state index contributed by atoms with van der Waals surface area (Å²) in [4.78, 5) is 28.6. The highest BCUT2D eigenvalue weighted by Crippen LogP contribution is 2.27. The van der Waals surface area contributed by atoms with Gasteiger partial charge in [-0.05, 0) is 45.4 Å². The predicted octanol–water partition coefficient (Wildman–Crippen LogP) is 4.00. The number of aromatic nitrogens is 1. The van der Waals surface area contributed by atoms with E-state index in [1.54, 1.807) is 58.0 Å². The molecule has 1 unspecified atom stereocenters. The van der Waals surface area contributed by atoms with Gasteiger partial charge in [-0.15, -0.1) is 0 Å². The van der Waals surface area contributed by atoms with Gasteiger partial charge >= 0.3 is 6.09 Å². The zero-order valence-electron chi connectivity index (χ0n) is 18.2. The summed E-state index contributed by atoms with van der Waals surface area (Å²) < 4.78 is 16.0. The summed E-state index contributed by atoms with van der Waals surface area (Å²) >= 11 is 0. The van der Waals surface area contributed by atoms with E-state index >= 15 is 0 Å². The Labute approximate surface area is 181 Å². The molecule has 0 spiro atoms. The number of anilines is 1. The van der Waals surface area contributed by atoms with E-state index in [0.717, 1.165) is 0 Å². The smallest absolute Gasteiger partial charge is 0.408 e. The molecule has 9 heteroatoms. The van der Waals surface area contributed by atoms with Gasteiger partial charge in [-0.25, -0.2) is 9.78 Å². The second-order valence-electron chi connectivity index (χ2n) is 7.56. The lowest BCUT2D eigenvalue weighted by Crippen LogP contribution is -2.45. The highest BCUT2D eigenvalue weighted by molar-refractivity contribution is 5.96. The lowest BCUT2D eigenvalue weighted by atomic mass is 10.2. The van der Waals surface area contributed by atoms with Crippen molar-refractivity contribution in [3.63, 3.8) is 0 Å². The molecule has 1 heterocycles. The number of hydrogen-bond donors (Lipinski definition) is 2. The van der Waals surface area contributed by atoms with Gasteiger partial charge < -0.3 is 24.8 Å². The van der Waals surface area contributed by atoms with E-state index in [4.69, 9.17) is 19.5 Å². The Morgan fingerprint density at radius 3 is 2.52 bits per heavy atom. The second-order valence-corrected chi connectivity index (χ2v) is 7.56. The second kappa shape index (κ2) is 10.3. The average molecular weight is 426 g/mol. The van der Waals surface area contributed by atoms with Crippen LogP contribution < -0.4 is 20.1 Å². The molecule has 2 rings (SSSR count). The molecule has 9 nitrogen and oxygen atoms in total. The highest BCUT2D eigenvalue weighted by atomic mass is 16.6. The van der Waals surface area contributed by atoms with Crippen molar-refractivity contribution < 1.29 is 23.8 Å². The summed E-state index contributed by atoms with van der Waals surface area (Å²) in [5, 5.41) is 14.3. The van der Waals surface area contributed by atoms with Crippen LogP contribution in [0.25, 0.3) is 0 Å². The van der Waals surface area contributed by atoms with Crippen LogP contribution in [0.4, 0.5) is 10.5 Å². The van der Waals surface area contributed by atoms with Gasteiger partial charge in [-0.2, -0.15) is 5.26 Å². The van der Waals surface area contributed by atoms with Crippen molar-refractivity contribution in [1.82, 2.24) is 10.3 Å². The summed E-state index contributed by atoms with van der Waals surface area (Å²) in [6.07, 6.45) is 1.17. The Morgan fingerprint density at radius 2 is 1.97 bits per heavy atom. The fourth-order valence-electron chi connectivity index (χ4n) is 2.49. The standard InChI is InChI=1S/C22H26N4O5/c1-6-17(26-21(28)31-22(2,3)4)20(27)25-15-8-10-19(24-13-15)30-16-9-7-14(12-23)18(11-16)29-5/h7-11,13,17H,6H2,1-5H3,(H,25,27)(H,26,28). The monoisotopic (exact) mass is 426 g/mol. The number of rotatable bonds is 7. The van der Waals surface area contributed by atoms with Gasteiger partial charge in [-0.3, -0.25) is 4.79 Å². The molecule has 0 aliphatic carbocycles. The maximum Gasteiger partial charge on any atom is 0.408 e. The van der Waals surface area contributed by atoms with E-state index in [0.29, 0.717) is 35.1 Å². The van der Waals surface area contributed by atoms with Crippen molar-refractivity contribution in [1.29, 1.82) is 5.26 Å². The molecule has 1 aromatic carbocycles. The van der Waals surface area contributed by atoms with Crippen molar-refractivity contribution in [2.75, 3.05) is 12.4 Å². The van der Waals surface area contributed by atoms with Gasteiger partial charge in [0.25, 0.3) is 0 Å². The molecule has 0 fully saturated rings. The van der Waals surface area contributed by atoms with E-state index in [9.17, 15) is 9.59 Å². The lowest BCUT2D eigenvalue weighted by Gasteiger charge is -2.22. The number of hydrogen-bond acceptors (Lipinski definition) is 7. The van der Waals surface area contributed by atoms with Crippen LogP contribution in [-0.4, -0.2) is 35.7 Å². The maximum atomic E-state index is 12.5. The van der Waals surface area contributed by atoms with E-state index in [1.807, 2.05) is 6.07 Å². The molecule has 0 aliphatic rings. The summed E-state index contributed by atoms with van der Waals surface area (Å²) in [5.41, 5.74) is 0.183. The van der Waals surface area contributed by atoms with Crippen LogP contribution in [0.2, 0.25) is 0 Å². The van der Waals surface area contributed by atoms with Crippen LogP contribution in [0.3, 0.4) is 0 Å². The Kier molecular flexibility index (Phi) is 7.80.